The first-order valence-electron chi connectivity index (χ1n) is 25.3. The third-order valence-electron chi connectivity index (χ3n) is 12.8. The summed E-state index contributed by atoms with van der Waals surface area (Å²) in [6.45, 7) is 2.85. The van der Waals surface area contributed by atoms with Crippen molar-refractivity contribution in [3.05, 3.63) is 0 Å². The minimum Gasteiger partial charge on any atom is -0.394 e. The van der Waals surface area contributed by atoms with Crippen molar-refractivity contribution in [2.75, 3.05) is 19.8 Å². The van der Waals surface area contributed by atoms with E-state index in [0.29, 0.717) is 12.8 Å². The van der Waals surface area contributed by atoms with Gasteiger partial charge >= 0.3 is 0 Å². The highest BCUT2D eigenvalue weighted by atomic mass is 16.7. The Morgan fingerprint density at radius 3 is 1.37 bits per heavy atom. The van der Waals surface area contributed by atoms with Crippen molar-refractivity contribution in [2.45, 2.75) is 280 Å². The predicted octanol–water partition coefficient (Wildman–Crippen LogP) is 6.22. The van der Waals surface area contributed by atoms with Crippen LogP contribution < -0.4 is 5.32 Å². The molecule has 0 aromatic rings. The molecule has 9 N–H and O–H groups in total. The van der Waals surface area contributed by atoms with Crippen LogP contribution in [0.1, 0.15) is 206 Å². The molecular formula is C48H93NO13. The van der Waals surface area contributed by atoms with Gasteiger partial charge in [0.15, 0.2) is 12.6 Å². The second-order valence-electron chi connectivity index (χ2n) is 18.3. The van der Waals surface area contributed by atoms with Crippen LogP contribution in [0.5, 0.6) is 0 Å². The Morgan fingerprint density at radius 1 is 0.516 bits per heavy atom. The number of amides is 1. The molecule has 0 spiro atoms. The summed E-state index contributed by atoms with van der Waals surface area (Å²) in [4.78, 5) is 13.2. The minimum atomic E-state index is -1.78. The first-order valence-corrected chi connectivity index (χ1v) is 25.3. The fraction of sp³-hybridized carbons (Fsp3) is 0.979. The first-order chi connectivity index (χ1) is 30.1. The van der Waals surface area contributed by atoms with E-state index in [1.807, 2.05) is 0 Å². The minimum absolute atomic E-state index is 0.205. The zero-order valence-electron chi connectivity index (χ0n) is 38.9. The van der Waals surface area contributed by atoms with Gasteiger partial charge in [0.05, 0.1) is 32.0 Å². The lowest BCUT2D eigenvalue weighted by atomic mass is 9.97. The molecule has 62 heavy (non-hydrogen) atoms. The summed E-state index contributed by atoms with van der Waals surface area (Å²) >= 11 is 0. The molecule has 2 fully saturated rings. The van der Waals surface area contributed by atoms with E-state index in [-0.39, 0.29) is 12.5 Å². The predicted molar refractivity (Wildman–Crippen MR) is 240 cm³/mol. The molecule has 14 heteroatoms. The van der Waals surface area contributed by atoms with Crippen molar-refractivity contribution < 1.29 is 64.6 Å². The number of aliphatic hydroxyl groups is 8. The molecule has 12 atom stereocenters. The zero-order chi connectivity index (χ0) is 45.4. The number of hydrogen-bond acceptors (Lipinski definition) is 13. The molecule has 1 amide bonds. The molecule has 0 aromatic heterocycles. The standard InChI is InChI=1S/C48H93NO13/c1-3-5-7-9-11-13-15-17-18-20-22-24-26-28-30-32-40(53)49-36(37(52)31-29-27-25-23-21-19-16-14-12-10-8-6-4-2)35-59-47-45(58)43(56)46(39(34-51)61-47)62-48-44(57)42(55)41(54)38(33-50)60-48/h36-39,41-48,50-52,54-58H,3-35H2,1-2H3,(H,49,53)/t36?,37?,38-,39-,41+,42+,43-,44-,45-,46-,47?,48+/m1/s1. The van der Waals surface area contributed by atoms with Gasteiger partial charge in [0.25, 0.3) is 0 Å². The number of nitrogens with one attached hydrogen (secondary N) is 1. The van der Waals surface area contributed by atoms with Gasteiger partial charge in [0.1, 0.15) is 48.8 Å². The lowest BCUT2D eigenvalue weighted by molar-refractivity contribution is -0.359. The Morgan fingerprint density at radius 2 is 0.919 bits per heavy atom. The molecular weight excluding hydrogens is 799 g/mol. The molecule has 2 saturated heterocycles. The maximum atomic E-state index is 13.2. The Kier molecular flexibility index (Phi) is 33.3. The molecule has 2 heterocycles. The summed E-state index contributed by atoms with van der Waals surface area (Å²) in [5.41, 5.74) is 0. The van der Waals surface area contributed by atoms with E-state index in [0.717, 1.165) is 51.4 Å². The van der Waals surface area contributed by atoms with Crippen LogP contribution in [0.2, 0.25) is 0 Å². The van der Waals surface area contributed by atoms with Crippen LogP contribution in [-0.4, -0.2) is 140 Å². The number of carbonyl (C=O) groups excluding carboxylic acids is 1. The SMILES string of the molecule is CCCCCCCCCCCCCCCCCC(=O)NC(COC1O[C@H](CO)[C@@H](O[C@@H]2O[C@H](CO)[C@H](O)[C@H](O)[C@H]2O)[C@H](O)[C@H]1O)C(O)CCCCCCCCCCCCCCC. The molecule has 0 radical (unpaired) electrons. The number of hydrogen-bond donors (Lipinski definition) is 9. The molecule has 0 saturated carbocycles. The largest absolute Gasteiger partial charge is 0.394 e. The van der Waals surface area contributed by atoms with E-state index in [1.165, 1.54) is 128 Å². The van der Waals surface area contributed by atoms with Gasteiger partial charge in [0.2, 0.25) is 5.91 Å². The highest BCUT2D eigenvalue weighted by Gasteiger charge is 2.51. The van der Waals surface area contributed by atoms with Gasteiger partial charge in [-0.3, -0.25) is 4.79 Å². The van der Waals surface area contributed by atoms with Crippen molar-refractivity contribution in [3.8, 4) is 0 Å². The van der Waals surface area contributed by atoms with Crippen molar-refractivity contribution in [1.29, 1.82) is 0 Å². The van der Waals surface area contributed by atoms with Gasteiger partial charge in [0, 0.05) is 6.42 Å². The summed E-state index contributed by atoms with van der Waals surface area (Å²) in [7, 11) is 0. The maximum absolute atomic E-state index is 13.2. The normalized spacial score (nSPS) is 27.6. The summed E-state index contributed by atoms with van der Waals surface area (Å²) in [5.74, 6) is -0.205. The monoisotopic (exact) mass is 892 g/mol. The smallest absolute Gasteiger partial charge is 0.220 e. The molecule has 0 aliphatic carbocycles. The van der Waals surface area contributed by atoms with E-state index < -0.39 is 86.8 Å². The lowest BCUT2D eigenvalue weighted by Crippen LogP contribution is -2.65. The topological polar surface area (TPSA) is 228 Å². The highest BCUT2D eigenvalue weighted by molar-refractivity contribution is 5.76. The van der Waals surface area contributed by atoms with E-state index in [1.54, 1.807) is 0 Å². The second-order valence-corrected chi connectivity index (χ2v) is 18.3. The Bertz CT molecular complexity index is 1060. The molecule has 0 bridgehead atoms. The van der Waals surface area contributed by atoms with E-state index in [4.69, 9.17) is 18.9 Å². The van der Waals surface area contributed by atoms with Crippen molar-refractivity contribution in [3.63, 3.8) is 0 Å². The number of unbranched alkanes of at least 4 members (excludes halogenated alkanes) is 26. The first kappa shape index (κ1) is 57.1. The molecule has 14 nitrogen and oxygen atoms in total. The number of rotatable bonds is 39. The van der Waals surface area contributed by atoms with Gasteiger partial charge in [-0.2, -0.15) is 0 Å². The van der Waals surface area contributed by atoms with Crippen LogP contribution in [0.3, 0.4) is 0 Å². The third-order valence-corrected chi connectivity index (χ3v) is 12.8. The lowest BCUT2D eigenvalue weighted by Gasteiger charge is -2.46. The van der Waals surface area contributed by atoms with Crippen molar-refractivity contribution in [2.24, 2.45) is 0 Å². The van der Waals surface area contributed by atoms with Crippen LogP contribution in [0.4, 0.5) is 0 Å². The number of carbonyl (C=O) groups is 1. The molecule has 2 aliphatic rings. The number of aliphatic hydroxyl groups excluding tert-OH is 8. The van der Waals surface area contributed by atoms with Crippen molar-refractivity contribution in [1.82, 2.24) is 5.32 Å². The molecule has 2 aliphatic heterocycles. The second kappa shape index (κ2) is 36.2. The van der Waals surface area contributed by atoms with Crippen LogP contribution >= 0.6 is 0 Å². The van der Waals surface area contributed by atoms with Crippen LogP contribution in [-0.2, 0) is 23.7 Å². The summed E-state index contributed by atoms with van der Waals surface area (Å²) in [6, 6.07) is -0.820. The fourth-order valence-corrected chi connectivity index (χ4v) is 8.65. The van der Waals surface area contributed by atoms with Gasteiger partial charge in [-0.15, -0.1) is 0 Å². The van der Waals surface area contributed by atoms with Gasteiger partial charge in [-0.1, -0.05) is 187 Å². The summed E-state index contributed by atoms with van der Waals surface area (Å²) in [6.07, 6.45) is 18.1. The van der Waals surface area contributed by atoms with Crippen LogP contribution in [0, 0.1) is 0 Å². The van der Waals surface area contributed by atoms with Gasteiger partial charge in [-0.05, 0) is 12.8 Å². The van der Waals surface area contributed by atoms with E-state index >= 15 is 0 Å². The summed E-state index contributed by atoms with van der Waals surface area (Å²) in [5, 5.41) is 86.8. The van der Waals surface area contributed by atoms with Gasteiger partial charge < -0.3 is 65.1 Å². The Hall–Kier alpha value is -1.01. The third kappa shape index (κ3) is 23.4. The average Bonchev–Trinajstić information content (AvgIpc) is 3.27. The highest BCUT2D eigenvalue weighted by Crippen LogP contribution is 2.30. The van der Waals surface area contributed by atoms with Crippen LogP contribution in [0.15, 0.2) is 0 Å². The molecule has 368 valence electrons. The number of ether oxygens (including phenoxy) is 4. The Labute approximate surface area is 374 Å². The molecule has 3 unspecified atom stereocenters. The zero-order valence-corrected chi connectivity index (χ0v) is 38.9. The maximum Gasteiger partial charge on any atom is 0.220 e. The van der Waals surface area contributed by atoms with Gasteiger partial charge in [-0.25, -0.2) is 0 Å². The van der Waals surface area contributed by atoms with Crippen LogP contribution in [0.25, 0.3) is 0 Å². The quantitative estimate of drug-likeness (QED) is 0.0313. The average molecular weight is 892 g/mol. The molecule has 0 aromatic carbocycles. The molecule has 2 rings (SSSR count). The fourth-order valence-electron chi connectivity index (χ4n) is 8.65. The summed E-state index contributed by atoms with van der Waals surface area (Å²) < 4.78 is 22.7. The Balaban J connectivity index is 1.84. The van der Waals surface area contributed by atoms with E-state index in [2.05, 4.69) is 19.2 Å². The van der Waals surface area contributed by atoms with Crippen molar-refractivity contribution >= 4 is 5.91 Å². The van der Waals surface area contributed by atoms with E-state index in [9.17, 15) is 45.6 Å².